The summed E-state index contributed by atoms with van der Waals surface area (Å²) in [6, 6.07) is 6.41. The number of esters is 1. The number of ether oxygens (including phenoxy) is 1. The first-order valence-electron chi connectivity index (χ1n) is 8.53. The Bertz CT molecular complexity index is 1110. The third-order valence-corrected chi connectivity index (χ3v) is 4.47. The number of unbranched alkanes of at least 4 members (excludes halogenated alkanes) is 1. The Morgan fingerprint density at radius 2 is 2.11 bits per heavy atom. The van der Waals surface area contributed by atoms with Crippen LogP contribution in [0.1, 0.15) is 35.9 Å². The molecule has 3 aromatic rings. The number of H-pyrrole nitrogens is 1. The van der Waals surface area contributed by atoms with Crippen molar-refractivity contribution in [2.24, 2.45) is 7.05 Å². The van der Waals surface area contributed by atoms with E-state index in [0.29, 0.717) is 23.0 Å². The summed E-state index contributed by atoms with van der Waals surface area (Å²) in [4.78, 5) is 43.2. The van der Waals surface area contributed by atoms with E-state index >= 15 is 0 Å². The van der Waals surface area contributed by atoms with Crippen molar-refractivity contribution in [3.8, 4) is 0 Å². The fraction of sp³-hybridized carbons (Fsp3) is 0.333. The van der Waals surface area contributed by atoms with Crippen molar-refractivity contribution in [1.29, 1.82) is 0 Å². The summed E-state index contributed by atoms with van der Waals surface area (Å²) in [5.41, 5.74) is -0.154. The molecule has 0 spiro atoms. The lowest BCUT2D eigenvalue weighted by molar-refractivity contribution is 0.0459. The Morgan fingerprint density at radius 3 is 2.81 bits per heavy atom. The molecule has 0 atom stereocenters. The van der Waals surface area contributed by atoms with Gasteiger partial charge in [0, 0.05) is 18.6 Å². The number of hydrogen-bond acceptors (Lipinski definition) is 5. The van der Waals surface area contributed by atoms with Crippen molar-refractivity contribution in [3.63, 3.8) is 0 Å². The summed E-state index contributed by atoms with van der Waals surface area (Å²) in [7, 11) is 1.64. The lowest BCUT2D eigenvalue weighted by atomic mass is 10.2. The topological polar surface area (TPSA) is 99.0 Å². The minimum Gasteiger partial charge on any atom is -0.454 e. The molecule has 0 radical (unpaired) electrons. The number of fused-ring (bicyclic) bond motifs is 1. The number of carbonyl (C=O) groups is 1. The largest absolute Gasteiger partial charge is 0.454 e. The zero-order chi connectivity index (χ0) is 19.6. The Balaban J connectivity index is 1.92. The van der Waals surface area contributed by atoms with Crippen molar-refractivity contribution in [1.82, 2.24) is 19.1 Å². The minimum absolute atomic E-state index is 0.141. The molecule has 0 saturated carbocycles. The standard InChI is InChI=1S/C18H19ClN4O4/c1-3-4-8-23-15-14(16(24)21-18(23)26)22(2)13(20-15)10-27-17(25)11-6-5-7-12(19)9-11/h5-7,9H,3-4,8,10H2,1-2H3,(H,21,24,26). The molecule has 27 heavy (non-hydrogen) atoms. The summed E-state index contributed by atoms with van der Waals surface area (Å²) < 4.78 is 8.25. The molecule has 1 N–H and O–H groups in total. The number of aromatic nitrogens is 4. The van der Waals surface area contributed by atoms with Gasteiger partial charge in [0.15, 0.2) is 11.2 Å². The summed E-state index contributed by atoms with van der Waals surface area (Å²) >= 11 is 5.88. The molecule has 142 valence electrons. The van der Waals surface area contributed by atoms with Crippen molar-refractivity contribution in [2.45, 2.75) is 32.9 Å². The van der Waals surface area contributed by atoms with Crippen molar-refractivity contribution < 1.29 is 9.53 Å². The maximum atomic E-state index is 12.2. The highest BCUT2D eigenvalue weighted by molar-refractivity contribution is 6.30. The molecule has 3 rings (SSSR count). The predicted octanol–water partition coefficient (Wildman–Crippen LogP) is 2.23. The number of benzene rings is 1. The highest BCUT2D eigenvalue weighted by Gasteiger charge is 2.18. The summed E-state index contributed by atoms with van der Waals surface area (Å²) in [6.45, 7) is 2.31. The van der Waals surface area contributed by atoms with Gasteiger partial charge in [0.1, 0.15) is 12.4 Å². The van der Waals surface area contributed by atoms with Gasteiger partial charge in [-0.2, -0.15) is 0 Å². The number of rotatable bonds is 6. The minimum atomic E-state index is -0.554. The van der Waals surface area contributed by atoms with Crippen LogP contribution in [0.25, 0.3) is 11.2 Å². The molecule has 0 aliphatic carbocycles. The van der Waals surface area contributed by atoms with Gasteiger partial charge >= 0.3 is 11.7 Å². The van der Waals surface area contributed by atoms with Gasteiger partial charge in [0.2, 0.25) is 0 Å². The Morgan fingerprint density at radius 1 is 1.33 bits per heavy atom. The number of carbonyl (C=O) groups excluding carboxylic acids is 1. The lowest BCUT2D eigenvalue weighted by Gasteiger charge is -2.05. The average Bonchev–Trinajstić information content (AvgIpc) is 2.96. The highest BCUT2D eigenvalue weighted by atomic mass is 35.5. The van der Waals surface area contributed by atoms with Crippen LogP contribution in [0, 0.1) is 0 Å². The van der Waals surface area contributed by atoms with E-state index in [1.807, 2.05) is 6.92 Å². The van der Waals surface area contributed by atoms with E-state index in [9.17, 15) is 14.4 Å². The maximum absolute atomic E-state index is 12.2. The van der Waals surface area contributed by atoms with E-state index in [-0.39, 0.29) is 17.8 Å². The molecule has 8 nitrogen and oxygen atoms in total. The molecule has 0 amide bonds. The molecular formula is C18H19ClN4O4. The molecular weight excluding hydrogens is 372 g/mol. The molecule has 1 aromatic carbocycles. The number of halogens is 1. The molecule has 0 bridgehead atoms. The van der Waals surface area contributed by atoms with E-state index in [0.717, 1.165) is 12.8 Å². The van der Waals surface area contributed by atoms with Crippen molar-refractivity contribution in [3.05, 3.63) is 61.5 Å². The first-order chi connectivity index (χ1) is 12.9. The Hall–Kier alpha value is -2.87. The maximum Gasteiger partial charge on any atom is 0.338 e. The molecule has 0 fully saturated rings. The second-order valence-electron chi connectivity index (χ2n) is 6.11. The molecule has 0 saturated heterocycles. The number of hydrogen-bond donors (Lipinski definition) is 1. The van der Waals surface area contributed by atoms with Gasteiger partial charge in [-0.15, -0.1) is 0 Å². The monoisotopic (exact) mass is 390 g/mol. The van der Waals surface area contributed by atoms with E-state index in [1.54, 1.807) is 25.2 Å². The smallest absolute Gasteiger partial charge is 0.338 e. The third-order valence-electron chi connectivity index (χ3n) is 4.23. The number of aromatic amines is 1. The second-order valence-corrected chi connectivity index (χ2v) is 6.55. The zero-order valence-electron chi connectivity index (χ0n) is 15.0. The molecule has 0 aliphatic rings. The van der Waals surface area contributed by atoms with Crippen LogP contribution < -0.4 is 11.2 Å². The molecule has 2 aromatic heterocycles. The summed E-state index contributed by atoms with van der Waals surface area (Å²) in [5, 5.41) is 0.429. The van der Waals surface area contributed by atoms with Crippen molar-refractivity contribution >= 4 is 28.7 Å². The van der Waals surface area contributed by atoms with Gasteiger partial charge in [-0.3, -0.25) is 14.3 Å². The van der Waals surface area contributed by atoms with Crippen LogP contribution in [0.4, 0.5) is 0 Å². The van der Waals surface area contributed by atoms with Gasteiger partial charge in [0.05, 0.1) is 5.56 Å². The van der Waals surface area contributed by atoms with Crippen LogP contribution in [-0.2, 0) is 24.9 Å². The van der Waals surface area contributed by atoms with Gasteiger partial charge in [-0.05, 0) is 24.6 Å². The van der Waals surface area contributed by atoms with E-state index in [1.165, 1.54) is 15.2 Å². The lowest BCUT2D eigenvalue weighted by Crippen LogP contribution is -2.31. The van der Waals surface area contributed by atoms with Crippen LogP contribution >= 0.6 is 11.6 Å². The summed E-state index contributed by atoms with van der Waals surface area (Å²) in [5.74, 6) is -0.191. The average molecular weight is 391 g/mol. The first kappa shape index (κ1) is 18.9. The molecule has 2 heterocycles. The van der Waals surface area contributed by atoms with Gasteiger partial charge in [-0.25, -0.2) is 14.6 Å². The van der Waals surface area contributed by atoms with Crippen molar-refractivity contribution in [2.75, 3.05) is 0 Å². The van der Waals surface area contributed by atoms with Gasteiger partial charge < -0.3 is 9.30 Å². The number of imidazole rings is 1. The van der Waals surface area contributed by atoms with Crippen LogP contribution in [0.5, 0.6) is 0 Å². The zero-order valence-corrected chi connectivity index (χ0v) is 15.7. The van der Waals surface area contributed by atoms with Crippen LogP contribution in [0.2, 0.25) is 5.02 Å². The fourth-order valence-electron chi connectivity index (χ4n) is 2.77. The van der Waals surface area contributed by atoms with Gasteiger partial charge in [0.25, 0.3) is 5.56 Å². The summed E-state index contributed by atoms with van der Waals surface area (Å²) in [6.07, 6.45) is 1.67. The number of nitrogens with zero attached hydrogens (tertiary/aromatic N) is 3. The first-order valence-corrected chi connectivity index (χ1v) is 8.91. The SMILES string of the molecule is CCCCn1c(=O)[nH]c(=O)c2c1nc(COC(=O)c1cccc(Cl)c1)n2C. The van der Waals surface area contributed by atoms with E-state index in [4.69, 9.17) is 16.3 Å². The van der Waals surface area contributed by atoms with Gasteiger partial charge in [-0.1, -0.05) is 31.0 Å². The number of aryl methyl sites for hydroxylation is 2. The van der Waals surface area contributed by atoms with E-state index in [2.05, 4.69) is 9.97 Å². The third kappa shape index (κ3) is 3.80. The van der Waals surface area contributed by atoms with E-state index < -0.39 is 17.2 Å². The quantitative estimate of drug-likeness (QED) is 0.651. The van der Waals surface area contributed by atoms with Crippen LogP contribution in [-0.4, -0.2) is 25.1 Å². The van der Waals surface area contributed by atoms with Crippen LogP contribution in [0.15, 0.2) is 33.9 Å². The predicted molar refractivity (Wildman–Crippen MR) is 101 cm³/mol. The fourth-order valence-corrected chi connectivity index (χ4v) is 2.96. The second kappa shape index (κ2) is 7.79. The molecule has 0 aliphatic heterocycles. The molecule has 9 heteroatoms. The highest BCUT2D eigenvalue weighted by Crippen LogP contribution is 2.14. The Labute approximate surface area is 159 Å². The van der Waals surface area contributed by atoms with Crippen LogP contribution in [0.3, 0.4) is 0 Å². The number of nitrogens with one attached hydrogen (secondary N) is 1. The normalized spacial score (nSPS) is 11.1. The Kier molecular flexibility index (Phi) is 5.46. The molecule has 0 unspecified atom stereocenters.